The number of aryl methyl sites for hydroxylation is 2. The molecule has 40 heavy (non-hydrogen) atoms. The van der Waals surface area contributed by atoms with Crippen molar-refractivity contribution < 1.29 is 23.0 Å². The summed E-state index contributed by atoms with van der Waals surface area (Å²) in [5.74, 6) is 0.770. The summed E-state index contributed by atoms with van der Waals surface area (Å²) in [6, 6.07) is 14.8. The van der Waals surface area contributed by atoms with Gasteiger partial charge in [0.15, 0.2) is 16.4 Å². The van der Waals surface area contributed by atoms with Crippen LogP contribution in [0.15, 0.2) is 75.4 Å². The van der Waals surface area contributed by atoms with Crippen LogP contribution in [0.5, 0.6) is 17.4 Å². The van der Waals surface area contributed by atoms with Gasteiger partial charge in [0.1, 0.15) is 5.82 Å². The van der Waals surface area contributed by atoms with Gasteiger partial charge in [-0.2, -0.15) is 4.98 Å². The average Bonchev–Trinajstić information content (AvgIpc) is 3.43. The fraction of sp³-hybridized carbons (Fsp3) is 0.300. The molecule has 1 N–H and O–H groups in total. The smallest absolute Gasteiger partial charge is 0.296 e. The molecule has 10 heteroatoms. The monoisotopic (exact) mass is 561 g/mol. The Morgan fingerprint density at radius 1 is 1.05 bits per heavy atom. The Balaban J connectivity index is 1.65. The maximum absolute atomic E-state index is 13.8. The fourth-order valence-electron chi connectivity index (χ4n) is 5.10. The minimum Gasteiger partial charge on any atom is -0.493 e. The molecule has 1 aliphatic heterocycles. The molecule has 2 aromatic heterocycles. The van der Waals surface area contributed by atoms with E-state index in [0.717, 1.165) is 23.2 Å². The van der Waals surface area contributed by atoms with Crippen molar-refractivity contribution in [2.24, 2.45) is 0 Å². The van der Waals surface area contributed by atoms with Gasteiger partial charge in [0, 0.05) is 29.4 Å². The molecule has 0 bridgehead atoms. The van der Waals surface area contributed by atoms with E-state index in [1.807, 2.05) is 45.0 Å². The standard InChI is InChI=1S/C30H31N3O6S/c1-4-6-12-26-32-29(34)28(30(35)33(26)24(5-2)23-9-7-11-25-27(23)39-18-38-25)40(36,37)21-15-13-20(14-16-21)22-10-8-17-31-19(22)3/h7-11,13-17,24,35H,4-6,12,18H2,1-3H3. The SMILES string of the molecule is CCCCc1nc(=O)c(S(=O)(=O)c2ccc(-c3cccnc3C)cc2)c(O)n1C(CC)c1cccc2c1OCO2. The average molecular weight is 562 g/mol. The number of rotatable bonds is 9. The van der Waals surface area contributed by atoms with Gasteiger partial charge < -0.3 is 14.6 Å². The Kier molecular flexibility index (Phi) is 7.62. The summed E-state index contributed by atoms with van der Waals surface area (Å²) in [5.41, 5.74) is 2.17. The van der Waals surface area contributed by atoms with Crippen LogP contribution in [-0.2, 0) is 16.3 Å². The minimum atomic E-state index is -4.42. The molecule has 0 spiro atoms. The van der Waals surface area contributed by atoms with E-state index in [2.05, 4.69) is 9.97 Å². The number of aromatic hydroxyl groups is 1. The van der Waals surface area contributed by atoms with Crippen LogP contribution in [0.4, 0.5) is 0 Å². The molecule has 4 aromatic rings. The van der Waals surface area contributed by atoms with E-state index >= 15 is 0 Å². The Hall–Kier alpha value is -4.18. The van der Waals surface area contributed by atoms with Crippen molar-refractivity contribution in [2.45, 2.75) is 62.3 Å². The summed E-state index contributed by atoms with van der Waals surface area (Å²) in [6.45, 7) is 5.85. The molecular formula is C30H31N3O6S. The summed E-state index contributed by atoms with van der Waals surface area (Å²) in [5, 5.41) is 11.6. The Morgan fingerprint density at radius 3 is 2.52 bits per heavy atom. The summed E-state index contributed by atoms with van der Waals surface area (Å²) in [7, 11) is -4.42. The summed E-state index contributed by atoms with van der Waals surface area (Å²) in [4.78, 5) is 20.9. The first-order chi connectivity index (χ1) is 19.3. The van der Waals surface area contributed by atoms with E-state index in [1.54, 1.807) is 24.4 Å². The molecule has 0 radical (unpaired) electrons. The molecule has 0 amide bonds. The molecule has 3 heterocycles. The van der Waals surface area contributed by atoms with E-state index in [-0.39, 0.29) is 11.7 Å². The quantitative estimate of drug-likeness (QED) is 0.295. The van der Waals surface area contributed by atoms with E-state index in [9.17, 15) is 18.3 Å². The number of fused-ring (bicyclic) bond motifs is 1. The Labute approximate surface area is 233 Å². The van der Waals surface area contributed by atoms with Crippen LogP contribution in [0.1, 0.15) is 56.2 Å². The normalized spacial score (nSPS) is 13.4. The Morgan fingerprint density at radius 2 is 1.82 bits per heavy atom. The number of aromatic nitrogens is 3. The van der Waals surface area contributed by atoms with Crippen molar-refractivity contribution in [3.63, 3.8) is 0 Å². The first-order valence-corrected chi connectivity index (χ1v) is 14.8. The molecule has 5 rings (SSSR count). The lowest BCUT2D eigenvalue weighted by Crippen LogP contribution is -2.27. The molecule has 2 aromatic carbocycles. The second kappa shape index (κ2) is 11.1. The van der Waals surface area contributed by atoms with Gasteiger partial charge in [-0.25, -0.2) is 8.42 Å². The van der Waals surface area contributed by atoms with E-state index in [4.69, 9.17) is 9.47 Å². The van der Waals surface area contributed by atoms with Crippen molar-refractivity contribution >= 4 is 9.84 Å². The van der Waals surface area contributed by atoms with Crippen LogP contribution in [0.25, 0.3) is 11.1 Å². The number of ether oxygens (including phenoxy) is 2. The van der Waals surface area contributed by atoms with Gasteiger partial charge in [-0.05, 0) is 49.6 Å². The highest BCUT2D eigenvalue weighted by atomic mass is 32.2. The van der Waals surface area contributed by atoms with Crippen LogP contribution < -0.4 is 15.0 Å². The van der Waals surface area contributed by atoms with Gasteiger partial charge in [-0.1, -0.05) is 50.6 Å². The van der Waals surface area contributed by atoms with Crippen molar-refractivity contribution in [1.29, 1.82) is 0 Å². The van der Waals surface area contributed by atoms with Crippen molar-refractivity contribution in [3.8, 4) is 28.5 Å². The molecular weight excluding hydrogens is 530 g/mol. The van der Waals surface area contributed by atoms with E-state index < -0.39 is 32.2 Å². The van der Waals surface area contributed by atoms with Crippen molar-refractivity contribution in [3.05, 3.63) is 88.2 Å². The minimum absolute atomic E-state index is 0.0636. The number of hydrogen-bond acceptors (Lipinski definition) is 8. The molecule has 9 nitrogen and oxygen atoms in total. The Bertz CT molecular complexity index is 1710. The van der Waals surface area contributed by atoms with Crippen LogP contribution in [0.3, 0.4) is 0 Å². The predicted octanol–water partition coefficient (Wildman–Crippen LogP) is 5.22. The number of nitrogens with zero attached hydrogens (tertiary/aromatic N) is 3. The van der Waals surface area contributed by atoms with Gasteiger partial charge >= 0.3 is 0 Å². The highest BCUT2D eigenvalue weighted by Crippen LogP contribution is 2.43. The van der Waals surface area contributed by atoms with Gasteiger partial charge in [0.05, 0.1) is 10.9 Å². The van der Waals surface area contributed by atoms with Crippen LogP contribution in [0, 0.1) is 6.92 Å². The van der Waals surface area contributed by atoms with Crippen LogP contribution in [-0.4, -0.2) is 34.9 Å². The van der Waals surface area contributed by atoms with E-state index in [1.165, 1.54) is 16.7 Å². The highest BCUT2D eigenvalue weighted by Gasteiger charge is 2.33. The number of pyridine rings is 1. The van der Waals surface area contributed by atoms with Gasteiger partial charge in [-0.15, -0.1) is 0 Å². The number of unbranched alkanes of at least 4 members (excludes halogenated alkanes) is 1. The zero-order valence-electron chi connectivity index (χ0n) is 22.6. The van der Waals surface area contributed by atoms with Crippen molar-refractivity contribution in [1.82, 2.24) is 14.5 Å². The van der Waals surface area contributed by atoms with Gasteiger partial charge in [0.25, 0.3) is 5.56 Å². The molecule has 1 aliphatic rings. The lowest BCUT2D eigenvalue weighted by Gasteiger charge is -2.26. The van der Waals surface area contributed by atoms with Gasteiger partial charge in [0.2, 0.25) is 22.5 Å². The topological polar surface area (TPSA) is 121 Å². The molecule has 0 aliphatic carbocycles. The zero-order chi connectivity index (χ0) is 28.4. The maximum atomic E-state index is 13.8. The summed E-state index contributed by atoms with van der Waals surface area (Å²) in [6.07, 6.45) is 4.08. The lowest BCUT2D eigenvalue weighted by atomic mass is 10.0. The predicted molar refractivity (Wildman–Crippen MR) is 150 cm³/mol. The molecule has 0 saturated heterocycles. The fourth-order valence-corrected chi connectivity index (χ4v) is 6.44. The molecule has 0 fully saturated rings. The summed E-state index contributed by atoms with van der Waals surface area (Å²) < 4.78 is 40.4. The van der Waals surface area contributed by atoms with Crippen LogP contribution >= 0.6 is 0 Å². The summed E-state index contributed by atoms with van der Waals surface area (Å²) >= 11 is 0. The molecule has 208 valence electrons. The number of sulfone groups is 1. The van der Waals surface area contributed by atoms with Gasteiger partial charge in [-0.3, -0.25) is 14.3 Å². The number of hydrogen-bond donors (Lipinski definition) is 1. The molecule has 0 saturated carbocycles. The van der Waals surface area contributed by atoms with Crippen molar-refractivity contribution in [2.75, 3.05) is 6.79 Å². The third-order valence-corrected chi connectivity index (χ3v) is 8.91. The maximum Gasteiger partial charge on any atom is 0.296 e. The molecule has 1 atom stereocenters. The highest BCUT2D eigenvalue weighted by molar-refractivity contribution is 7.91. The van der Waals surface area contributed by atoms with E-state index in [0.29, 0.717) is 42.1 Å². The first kappa shape index (κ1) is 27.4. The zero-order valence-corrected chi connectivity index (χ0v) is 23.4. The lowest BCUT2D eigenvalue weighted by molar-refractivity contribution is 0.172. The molecule has 1 unspecified atom stereocenters. The second-order valence-electron chi connectivity index (χ2n) is 9.63. The number of para-hydroxylation sites is 1. The van der Waals surface area contributed by atoms with Crippen LogP contribution in [0.2, 0.25) is 0 Å². The second-order valence-corrected chi connectivity index (χ2v) is 11.5. The third kappa shape index (κ3) is 4.83. The first-order valence-electron chi connectivity index (χ1n) is 13.3. The third-order valence-electron chi connectivity index (χ3n) is 7.12. The number of benzene rings is 2. The largest absolute Gasteiger partial charge is 0.493 e.